The molecule has 0 aromatic heterocycles. The van der Waals surface area contributed by atoms with Crippen molar-refractivity contribution in [2.75, 3.05) is 13.2 Å². The number of halogens is 4. The van der Waals surface area contributed by atoms with Crippen LogP contribution in [0.15, 0.2) is 0 Å². The number of fused-ring (bicyclic) bond motifs is 2. The molecule has 0 radical (unpaired) electrons. The quantitative estimate of drug-likeness (QED) is 0.222. The van der Waals surface area contributed by atoms with Crippen molar-refractivity contribution in [2.24, 2.45) is 23.7 Å². The third-order valence-electron chi connectivity index (χ3n) is 6.62. The van der Waals surface area contributed by atoms with E-state index < -0.39 is 72.6 Å². The second kappa shape index (κ2) is 11.6. The molecule has 0 aromatic rings. The minimum atomic E-state index is -4.11. The van der Waals surface area contributed by atoms with Gasteiger partial charge in [0.05, 0.1) is 25.0 Å². The van der Waals surface area contributed by atoms with Crippen LogP contribution in [0.4, 0.5) is 17.6 Å². The van der Waals surface area contributed by atoms with Crippen molar-refractivity contribution in [2.45, 2.75) is 83.9 Å². The lowest BCUT2D eigenvalue weighted by Gasteiger charge is -2.32. The lowest BCUT2D eigenvalue weighted by molar-refractivity contribution is -0.206. The highest BCUT2D eigenvalue weighted by molar-refractivity contribution is 5.85. The summed E-state index contributed by atoms with van der Waals surface area (Å²) in [6, 6.07) is 0. The Bertz CT molecular complexity index is 738. The zero-order valence-corrected chi connectivity index (χ0v) is 20.2. The second-order valence-corrected chi connectivity index (χ2v) is 8.74. The first kappa shape index (κ1) is 28.8. The van der Waals surface area contributed by atoms with Crippen molar-refractivity contribution in [1.82, 2.24) is 0 Å². The molecule has 2 bridgehead atoms. The summed E-state index contributed by atoms with van der Waals surface area (Å²) in [5, 5.41) is 0. The van der Waals surface area contributed by atoms with Crippen LogP contribution >= 0.6 is 0 Å². The van der Waals surface area contributed by atoms with Gasteiger partial charge < -0.3 is 18.9 Å². The Balaban J connectivity index is 2.20. The van der Waals surface area contributed by atoms with E-state index in [1.807, 2.05) is 0 Å². The highest BCUT2D eigenvalue weighted by Gasteiger charge is 2.59. The number of carbonyl (C=O) groups excluding carboxylic acids is 4. The first-order chi connectivity index (χ1) is 16.4. The van der Waals surface area contributed by atoms with Crippen LogP contribution in [0.5, 0.6) is 0 Å². The molecule has 0 amide bonds. The molecule has 8 nitrogen and oxygen atoms in total. The Morgan fingerprint density at radius 3 is 1.34 bits per heavy atom. The van der Waals surface area contributed by atoms with Crippen LogP contribution in [0.3, 0.4) is 0 Å². The van der Waals surface area contributed by atoms with Crippen LogP contribution in [-0.4, -0.2) is 61.1 Å². The van der Waals surface area contributed by atoms with Crippen molar-refractivity contribution in [3.8, 4) is 0 Å². The summed E-state index contributed by atoms with van der Waals surface area (Å²) < 4.78 is 76.6. The summed E-state index contributed by atoms with van der Waals surface area (Å²) in [4.78, 5) is 49.3. The smallest absolute Gasteiger partial charge is 0.381 e. The fraction of sp³-hybridized carbons (Fsp3) is 0.826. The molecule has 12 heteroatoms. The Morgan fingerprint density at radius 1 is 0.714 bits per heavy atom. The molecule has 35 heavy (non-hydrogen) atoms. The lowest BCUT2D eigenvalue weighted by atomic mass is 9.79. The normalized spacial score (nSPS) is 25.5. The highest BCUT2D eigenvalue weighted by atomic mass is 19.3. The number of ether oxygens (including phenoxy) is 4. The average Bonchev–Trinajstić information content (AvgIpc) is 3.42. The number of hydrogen-bond acceptors (Lipinski definition) is 8. The minimum absolute atomic E-state index is 0.297. The van der Waals surface area contributed by atoms with Crippen LogP contribution in [0.1, 0.15) is 59.8 Å². The predicted molar refractivity (Wildman–Crippen MR) is 111 cm³/mol. The molecule has 200 valence electrons. The Labute approximate surface area is 201 Å². The van der Waals surface area contributed by atoms with E-state index in [-0.39, 0.29) is 25.0 Å². The topological polar surface area (TPSA) is 105 Å². The maximum absolute atomic E-state index is 14.5. The van der Waals surface area contributed by atoms with E-state index in [0.29, 0.717) is 19.3 Å². The van der Waals surface area contributed by atoms with Crippen LogP contribution in [0.2, 0.25) is 0 Å². The largest absolute Gasteiger partial charge is 0.461 e. The molecule has 2 aliphatic rings. The van der Waals surface area contributed by atoms with Gasteiger partial charge in [0, 0.05) is 0 Å². The fourth-order valence-electron chi connectivity index (χ4n) is 4.95. The van der Waals surface area contributed by atoms with Gasteiger partial charge in [-0.2, -0.15) is 17.6 Å². The monoisotopic (exact) mass is 512 g/mol. The molecule has 6 unspecified atom stereocenters. The van der Waals surface area contributed by atoms with E-state index in [4.69, 9.17) is 9.47 Å². The summed E-state index contributed by atoms with van der Waals surface area (Å²) >= 11 is 0. The van der Waals surface area contributed by atoms with Gasteiger partial charge in [-0.15, -0.1) is 0 Å². The van der Waals surface area contributed by atoms with Gasteiger partial charge >= 0.3 is 35.7 Å². The van der Waals surface area contributed by atoms with Crippen LogP contribution in [0.25, 0.3) is 0 Å². The summed E-state index contributed by atoms with van der Waals surface area (Å²) in [6.45, 7) is 4.69. The molecule has 0 aromatic carbocycles. The van der Waals surface area contributed by atoms with Gasteiger partial charge in [-0.1, -0.05) is 13.8 Å². The SMILES string of the molecule is CCOC(=O)C(F)(F)C(CC)OC(=O)C1C2CCC(C2)C1C(=O)OC(CC)C(F)(F)C(=O)OCC. The minimum Gasteiger partial charge on any atom is -0.461 e. The molecule has 6 atom stereocenters. The molecule has 2 rings (SSSR count). The van der Waals surface area contributed by atoms with Crippen molar-refractivity contribution < 1.29 is 55.7 Å². The molecular formula is C23H32F4O8. The number of alkyl halides is 4. The van der Waals surface area contributed by atoms with Gasteiger partial charge in [0.15, 0.2) is 12.2 Å². The third-order valence-corrected chi connectivity index (χ3v) is 6.62. The molecular weight excluding hydrogens is 480 g/mol. The number of hydrogen-bond donors (Lipinski definition) is 0. The van der Waals surface area contributed by atoms with E-state index in [1.54, 1.807) is 0 Å². The first-order valence-electron chi connectivity index (χ1n) is 11.9. The molecule has 0 saturated heterocycles. The summed E-state index contributed by atoms with van der Waals surface area (Å²) in [5.41, 5.74) is 0. The summed E-state index contributed by atoms with van der Waals surface area (Å²) in [7, 11) is 0. The fourth-order valence-corrected chi connectivity index (χ4v) is 4.95. The van der Waals surface area contributed by atoms with Gasteiger partial charge in [-0.05, 0) is 57.8 Å². The van der Waals surface area contributed by atoms with Crippen LogP contribution in [0, 0.1) is 23.7 Å². The Morgan fingerprint density at radius 2 is 1.06 bits per heavy atom. The van der Waals surface area contributed by atoms with Crippen LogP contribution in [-0.2, 0) is 38.1 Å². The Kier molecular flexibility index (Phi) is 9.52. The highest BCUT2D eigenvalue weighted by Crippen LogP contribution is 2.53. The second-order valence-electron chi connectivity index (χ2n) is 8.74. The van der Waals surface area contributed by atoms with Crippen LogP contribution < -0.4 is 0 Å². The van der Waals surface area contributed by atoms with Crippen molar-refractivity contribution in [1.29, 1.82) is 0 Å². The summed E-state index contributed by atoms with van der Waals surface area (Å²) in [5.74, 6) is -17.3. The van der Waals surface area contributed by atoms with Crippen molar-refractivity contribution in [3.05, 3.63) is 0 Å². The van der Waals surface area contributed by atoms with E-state index in [1.165, 1.54) is 27.7 Å². The van der Waals surface area contributed by atoms with Crippen molar-refractivity contribution in [3.63, 3.8) is 0 Å². The van der Waals surface area contributed by atoms with Gasteiger partial charge in [-0.3, -0.25) is 9.59 Å². The maximum atomic E-state index is 14.5. The zero-order valence-electron chi connectivity index (χ0n) is 20.2. The third kappa shape index (κ3) is 5.88. The van der Waals surface area contributed by atoms with Gasteiger partial charge in [0.1, 0.15) is 0 Å². The van der Waals surface area contributed by atoms with E-state index >= 15 is 0 Å². The standard InChI is InChI=1S/C23H32F4O8/c1-5-14(22(24,25)20(30)32-7-3)34-18(28)16-12-9-10-13(11-12)17(16)19(29)35-15(6-2)23(26,27)21(31)33-8-4/h12-17H,5-11H2,1-4H3. The van der Waals surface area contributed by atoms with E-state index in [0.717, 1.165) is 0 Å². The summed E-state index contributed by atoms with van der Waals surface area (Å²) in [6.07, 6.45) is -3.61. The van der Waals surface area contributed by atoms with E-state index in [2.05, 4.69) is 9.47 Å². The zero-order chi connectivity index (χ0) is 26.6. The lowest BCUT2D eigenvalue weighted by Crippen LogP contribution is -2.48. The molecule has 2 saturated carbocycles. The molecule has 2 fully saturated rings. The van der Waals surface area contributed by atoms with Gasteiger partial charge in [-0.25, -0.2) is 9.59 Å². The molecule has 0 heterocycles. The number of esters is 4. The number of rotatable bonds is 12. The van der Waals surface area contributed by atoms with Gasteiger partial charge in [0.2, 0.25) is 0 Å². The molecule has 0 aliphatic heterocycles. The maximum Gasteiger partial charge on any atom is 0.381 e. The van der Waals surface area contributed by atoms with Crippen molar-refractivity contribution >= 4 is 23.9 Å². The molecule has 0 N–H and O–H groups in total. The Hall–Kier alpha value is -2.40. The molecule has 0 spiro atoms. The molecule has 2 aliphatic carbocycles. The number of carbonyl (C=O) groups is 4. The van der Waals surface area contributed by atoms with E-state index in [9.17, 15) is 36.7 Å². The average molecular weight is 512 g/mol. The van der Waals surface area contributed by atoms with Gasteiger partial charge in [0.25, 0.3) is 0 Å². The first-order valence-corrected chi connectivity index (χ1v) is 11.9. The predicted octanol–water partition coefficient (Wildman–Crippen LogP) is 3.69.